The molecular weight excluding hydrogens is 344 g/mol. The summed E-state index contributed by atoms with van der Waals surface area (Å²) in [6.07, 6.45) is 0. The van der Waals surface area contributed by atoms with Gasteiger partial charge in [0.1, 0.15) is 23.5 Å². The van der Waals surface area contributed by atoms with E-state index in [1.807, 2.05) is 6.92 Å². The lowest BCUT2D eigenvalue weighted by Crippen LogP contribution is -2.44. The second-order valence-corrected chi connectivity index (χ2v) is 12.3. The van der Waals surface area contributed by atoms with E-state index in [0.717, 1.165) is 11.3 Å². The van der Waals surface area contributed by atoms with Gasteiger partial charge in [-0.05, 0) is 55.2 Å². The first-order valence-corrected chi connectivity index (χ1v) is 11.4. The Hall–Kier alpha value is -2.57. The first-order chi connectivity index (χ1) is 12.0. The largest absolute Gasteiger partial charge is 0.543 e. The third-order valence-electron chi connectivity index (χ3n) is 4.59. The Morgan fingerprint density at radius 2 is 1.77 bits per heavy atom. The van der Waals surface area contributed by atoms with Crippen LogP contribution in [0.15, 0.2) is 23.8 Å². The number of nitrogens with zero attached hydrogens (tertiary/aromatic N) is 2. The normalized spacial score (nSPS) is 11.1. The molecule has 6 heteroatoms. The molecule has 0 saturated heterocycles. The van der Waals surface area contributed by atoms with Gasteiger partial charge in [-0.1, -0.05) is 26.8 Å². The first-order valence-electron chi connectivity index (χ1n) is 8.50. The van der Waals surface area contributed by atoms with Crippen molar-refractivity contribution in [1.29, 1.82) is 10.5 Å². The SMILES string of the molecule is CCOC(=O)C(=C(C#N)C#N)c1ccc(O[Si](C)(C)C(C)(C)C)c(C)c1. The van der Waals surface area contributed by atoms with Crippen molar-refractivity contribution in [3.8, 4) is 17.9 Å². The molecule has 0 saturated carbocycles. The van der Waals surface area contributed by atoms with Gasteiger partial charge in [0.2, 0.25) is 8.32 Å². The van der Waals surface area contributed by atoms with Crippen LogP contribution in [-0.2, 0) is 9.53 Å². The number of carbonyl (C=O) groups excluding carboxylic acids is 1. The molecule has 0 aliphatic rings. The molecule has 138 valence electrons. The van der Waals surface area contributed by atoms with E-state index in [-0.39, 0.29) is 22.8 Å². The van der Waals surface area contributed by atoms with Gasteiger partial charge in [0.05, 0.1) is 12.2 Å². The Balaban J connectivity index is 3.39. The zero-order valence-corrected chi connectivity index (χ0v) is 17.6. The number of nitriles is 2. The van der Waals surface area contributed by atoms with Gasteiger partial charge in [0.25, 0.3) is 0 Å². The molecule has 5 nitrogen and oxygen atoms in total. The minimum atomic E-state index is -2.00. The number of benzene rings is 1. The molecule has 0 spiro atoms. The summed E-state index contributed by atoms with van der Waals surface area (Å²) in [5.41, 5.74) is 1.03. The van der Waals surface area contributed by atoms with E-state index in [1.54, 1.807) is 37.3 Å². The Morgan fingerprint density at radius 1 is 1.19 bits per heavy atom. The smallest absolute Gasteiger partial charge is 0.340 e. The van der Waals surface area contributed by atoms with Crippen LogP contribution in [0.1, 0.15) is 38.8 Å². The lowest BCUT2D eigenvalue weighted by molar-refractivity contribution is -0.136. The fourth-order valence-corrected chi connectivity index (χ4v) is 3.14. The van der Waals surface area contributed by atoms with E-state index >= 15 is 0 Å². The van der Waals surface area contributed by atoms with E-state index in [0.29, 0.717) is 5.56 Å². The predicted octanol–water partition coefficient (Wildman–Crippen LogP) is 4.74. The molecule has 0 aliphatic heterocycles. The van der Waals surface area contributed by atoms with E-state index < -0.39 is 14.3 Å². The van der Waals surface area contributed by atoms with Crippen molar-refractivity contribution >= 4 is 19.9 Å². The lowest BCUT2D eigenvalue weighted by Gasteiger charge is -2.37. The summed E-state index contributed by atoms with van der Waals surface area (Å²) in [5.74, 6) is 0.0714. The molecule has 0 N–H and O–H groups in total. The number of hydrogen-bond donors (Lipinski definition) is 0. The van der Waals surface area contributed by atoms with Crippen LogP contribution in [0.2, 0.25) is 18.1 Å². The minimum Gasteiger partial charge on any atom is -0.543 e. The van der Waals surface area contributed by atoms with Crippen molar-refractivity contribution in [3.05, 3.63) is 34.9 Å². The summed E-state index contributed by atoms with van der Waals surface area (Å²) < 4.78 is 11.3. The summed E-state index contributed by atoms with van der Waals surface area (Å²) in [6, 6.07) is 8.78. The maximum Gasteiger partial charge on any atom is 0.340 e. The highest BCUT2D eigenvalue weighted by molar-refractivity contribution is 6.74. The Morgan fingerprint density at radius 3 is 2.19 bits per heavy atom. The molecule has 0 unspecified atom stereocenters. The van der Waals surface area contributed by atoms with E-state index in [4.69, 9.17) is 9.16 Å². The van der Waals surface area contributed by atoms with Crippen molar-refractivity contribution in [2.45, 2.75) is 52.8 Å². The number of hydrogen-bond acceptors (Lipinski definition) is 5. The van der Waals surface area contributed by atoms with Crippen LogP contribution in [0, 0.1) is 29.6 Å². The first kappa shape index (κ1) is 21.5. The van der Waals surface area contributed by atoms with Gasteiger partial charge in [-0.2, -0.15) is 10.5 Å². The van der Waals surface area contributed by atoms with Crippen molar-refractivity contribution in [3.63, 3.8) is 0 Å². The van der Waals surface area contributed by atoms with Gasteiger partial charge >= 0.3 is 5.97 Å². The average molecular weight is 371 g/mol. The van der Waals surface area contributed by atoms with Gasteiger partial charge in [-0.25, -0.2) is 4.79 Å². The van der Waals surface area contributed by atoms with E-state index in [2.05, 4.69) is 33.9 Å². The van der Waals surface area contributed by atoms with E-state index in [9.17, 15) is 15.3 Å². The van der Waals surface area contributed by atoms with Crippen molar-refractivity contribution in [2.24, 2.45) is 0 Å². The molecule has 1 aromatic rings. The molecule has 0 aromatic heterocycles. The quantitative estimate of drug-likeness (QED) is 0.323. The summed E-state index contributed by atoms with van der Waals surface area (Å²) in [6.45, 7) is 14.5. The molecule has 0 aliphatic carbocycles. The highest BCUT2D eigenvalue weighted by atomic mass is 28.4. The van der Waals surface area contributed by atoms with Gasteiger partial charge in [-0.15, -0.1) is 0 Å². The second-order valence-electron chi connectivity index (χ2n) is 7.54. The fraction of sp³-hybridized carbons (Fsp3) is 0.450. The van der Waals surface area contributed by atoms with E-state index in [1.165, 1.54) is 0 Å². The number of allylic oxidation sites excluding steroid dienone is 1. The molecule has 26 heavy (non-hydrogen) atoms. The third-order valence-corrected chi connectivity index (χ3v) is 8.93. The number of rotatable bonds is 5. The van der Waals surface area contributed by atoms with Gasteiger partial charge in [-0.3, -0.25) is 0 Å². The van der Waals surface area contributed by atoms with Crippen LogP contribution in [0.4, 0.5) is 0 Å². The molecular formula is C20H26N2O3Si. The highest BCUT2D eigenvalue weighted by Gasteiger charge is 2.39. The summed E-state index contributed by atoms with van der Waals surface area (Å²) in [4.78, 5) is 12.3. The zero-order chi connectivity index (χ0) is 20.1. The maximum atomic E-state index is 12.3. The van der Waals surface area contributed by atoms with Gasteiger partial charge < -0.3 is 9.16 Å². The maximum absolute atomic E-state index is 12.3. The zero-order valence-electron chi connectivity index (χ0n) is 16.6. The Kier molecular flexibility index (Phi) is 6.77. The molecule has 0 bridgehead atoms. The van der Waals surface area contributed by atoms with Gasteiger partial charge in [0.15, 0.2) is 0 Å². The van der Waals surface area contributed by atoms with Crippen molar-refractivity contribution in [2.75, 3.05) is 6.61 Å². The van der Waals surface area contributed by atoms with Crippen molar-refractivity contribution in [1.82, 2.24) is 0 Å². The summed E-state index contributed by atoms with van der Waals surface area (Å²) in [5, 5.41) is 18.4. The standard InChI is InChI=1S/C20H26N2O3Si/c1-8-24-19(23)18(16(12-21)13-22)15-9-10-17(14(2)11-15)25-26(6,7)20(3,4)5/h9-11H,8H2,1-7H3. The van der Waals surface area contributed by atoms with Crippen LogP contribution in [0.5, 0.6) is 5.75 Å². The number of aryl methyl sites for hydroxylation is 1. The molecule has 1 aromatic carbocycles. The topological polar surface area (TPSA) is 83.1 Å². The minimum absolute atomic E-state index is 0.0150. The van der Waals surface area contributed by atoms with Crippen LogP contribution in [0.25, 0.3) is 5.57 Å². The second kappa shape index (κ2) is 8.20. The number of ether oxygens (including phenoxy) is 1. The third kappa shape index (κ3) is 4.74. The average Bonchev–Trinajstić information content (AvgIpc) is 2.53. The van der Waals surface area contributed by atoms with Crippen LogP contribution in [-0.4, -0.2) is 20.9 Å². The van der Waals surface area contributed by atoms with Gasteiger partial charge in [0, 0.05) is 0 Å². The summed E-state index contributed by atoms with van der Waals surface area (Å²) >= 11 is 0. The Bertz CT molecular complexity index is 790. The molecule has 0 atom stereocenters. The molecule has 0 radical (unpaired) electrons. The highest BCUT2D eigenvalue weighted by Crippen LogP contribution is 2.38. The lowest BCUT2D eigenvalue weighted by atomic mass is 9.99. The van der Waals surface area contributed by atoms with Crippen LogP contribution >= 0.6 is 0 Å². The predicted molar refractivity (Wildman–Crippen MR) is 104 cm³/mol. The molecule has 0 heterocycles. The molecule has 1 rings (SSSR count). The Labute approximate surface area is 157 Å². The van der Waals surface area contributed by atoms with Crippen molar-refractivity contribution < 1.29 is 14.0 Å². The summed E-state index contributed by atoms with van der Waals surface area (Å²) in [7, 11) is -2.00. The van der Waals surface area contributed by atoms with Crippen LogP contribution < -0.4 is 4.43 Å². The molecule has 0 fully saturated rings. The fourth-order valence-electron chi connectivity index (χ4n) is 2.05. The number of carbonyl (C=O) groups is 1. The molecule has 0 amide bonds. The number of esters is 1. The van der Waals surface area contributed by atoms with Crippen LogP contribution in [0.3, 0.4) is 0 Å². The monoisotopic (exact) mass is 370 g/mol.